The molecular formula is C62H42N4S. The van der Waals surface area contributed by atoms with E-state index in [0.717, 1.165) is 67.3 Å². The molecule has 9 aromatic carbocycles. The number of rotatable bonds is 9. The number of fused-ring (bicyclic) bond motifs is 3. The summed E-state index contributed by atoms with van der Waals surface area (Å²) in [4.78, 5) is 15.4. The van der Waals surface area contributed by atoms with Crippen LogP contribution < -0.4 is 5.32 Å². The van der Waals surface area contributed by atoms with E-state index in [0.29, 0.717) is 5.82 Å². The number of allylic oxidation sites excluding steroid dienone is 1. The second-order valence-electron chi connectivity index (χ2n) is 16.8. The first-order chi connectivity index (χ1) is 33.2. The number of aromatic nitrogens is 2. The van der Waals surface area contributed by atoms with Crippen LogP contribution in [0.5, 0.6) is 0 Å². The summed E-state index contributed by atoms with van der Waals surface area (Å²) < 4.78 is 2.55. The van der Waals surface area contributed by atoms with Gasteiger partial charge in [0.1, 0.15) is 6.17 Å². The van der Waals surface area contributed by atoms with Crippen LogP contribution in [0.2, 0.25) is 0 Å². The third-order valence-electron chi connectivity index (χ3n) is 12.6. The first-order valence-electron chi connectivity index (χ1n) is 22.6. The lowest BCUT2D eigenvalue weighted by Gasteiger charge is -2.25. The molecule has 0 amide bonds. The standard InChI is InChI=1S/C62H42N4S/c1-5-16-41(17-6-1)49-24-15-25-50(38-49)57-40-56(65-62(66-57)48-22-11-4-12-23-48)45-32-28-42(29-33-45)51-36-37-52(60-59(51)53-26-13-14-27-58(53)67-60)43-30-34-46(35-31-43)55-39-54(44-18-7-2-8-19-44)63-61(64-55)47-20-9-3-10-21-47/h1-40,61,64H. The summed E-state index contributed by atoms with van der Waals surface area (Å²) in [7, 11) is 0. The van der Waals surface area contributed by atoms with Gasteiger partial charge in [-0.3, -0.25) is 4.99 Å². The van der Waals surface area contributed by atoms with Crippen molar-refractivity contribution in [1.82, 2.24) is 15.3 Å². The van der Waals surface area contributed by atoms with Crippen LogP contribution in [0.1, 0.15) is 22.9 Å². The molecule has 2 aromatic heterocycles. The molecule has 5 heteroatoms. The van der Waals surface area contributed by atoms with E-state index in [-0.39, 0.29) is 6.17 Å². The summed E-state index contributed by atoms with van der Waals surface area (Å²) in [6.07, 6.45) is 1.98. The highest BCUT2D eigenvalue weighted by molar-refractivity contribution is 7.26. The van der Waals surface area contributed by atoms with E-state index < -0.39 is 0 Å². The third kappa shape index (κ3) is 7.92. The molecule has 12 rings (SSSR count). The van der Waals surface area contributed by atoms with E-state index in [1.54, 1.807) is 0 Å². The number of nitrogens with zero attached hydrogens (tertiary/aromatic N) is 3. The highest BCUT2D eigenvalue weighted by Crippen LogP contribution is 2.45. The molecule has 1 atom stereocenters. The van der Waals surface area contributed by atoms with Crippen molar-refractivity contribution >= 4 is 42.9 Å². The van der Waals surface area contributed by atoms with Crippen LogP contribution in [0, 0.1) is 0 Å². The van der Waals surface area contributed by atoms with Crippen molar-refractivity contribution in [2.75, 3.05) is 0 Å². The monoisotopic (exact) mass is 874 g/mol. The highest BCUT2D eigenvalue weighted by Gasteiger charge is 2.21. The average molecular weight is 875 g/mol. The predicted octanol–water partition coefficient (Wildman–Crippen LogP) is 16.0. The predicted molar refractivity (Wildman–Crippen MR) is 281 cm³/mol. The Morgan fingerprint density at radius 1 is 0.388 bits per heavy atom. The molecule has 11 aromatic rings. The summed E-state index contributed by atoms with van der Waals surface area (Å²) >= 11 is 1.86. The zero-order valence-corrected chi connectivity index (χ0v) is 37.2. The van der Waals surface area contributed by atoms with Crippen LogP contribution in [-0.2, 0) is 0 Å². The van der Waals surface area contributed by atoms with Crippen molar-refractivity contribution in [3.8, 4) is 67.3 Å². The van der Waals surface area contributed by atoms with Gasteiger partial charge in [-0.2, -0.15) is 0 Å². The molecule has 3 heterocycles. The smallest absolute Gasteiger partial charge is 0.160 e. The van der Waals surface area contributed by atoms with Crippen LogP contribution in [0.25, 0.3) is 93.2 Å². The van der Waals surface area contributed by atoms with E-state index in [1.807, 2.05) is 47.7 Å². The molecule has 0 saturated heterocycles. The third-order valence-corrected chi connectivity index (χ3v) is 13.8. The fourth-order valence-corrected chi connectivity index (χ4v) is 10.4. The van der Waals surface area contributed by atoms with Gasteiger partial charge in [-0.1, -0.05) is 218 Å². The fourth-order valence-electron chi connectivity index (χ4n) is 9.15. The van der Waals surface area contributed by atoms with E-state index in [2.05, 4.69) is 212 Å². The molecule has 1 aliphatic heterocycles. The van der Waals surface area contributed by atoms with Gasteiger partial charge in [0.15, 0.2) is 5.82 Å². The Hall–Kier alpha value is -8.51. The molecule has 1 aliphatic rings. The van der Waals surface area contributed by atoms with Crippen LogP contribution >= 0.6 is 11.3 Å². The highest BCUT2D eigenvalue weighted by atomic mass is 32.1. The quantitative estimate of drug-likeness (QED) is 0.157. The molecule has 0 saturated carbocycles. The molecule has 4 nitrogen and oxygen atoms in total. The number of hydrogen-bond donors (Lipinski definition) is 1. The molecule has 0 aliphatic carbocycles. The number of aliphatic imine (C=N–C) groups is 1. The van der Waals surface area contributed by atoms with E-state index in [9.17, 15) is 0 Å². The fraction of sp³-hybridized carbons (Fsp3) is 0.0161. The zero-order valence-electron chi connectivity index (χ0n) is 36.4. The van der Waals surface area contributed by atoms with Gasteiger partial charge in [-0.05, 0) is 74.3 Å². The lowest BCUT2D eigenvalue weighted by atomic mass is 9.93. The summed E-state index contributed by atoms with van der Waals surface area (Å²) in [6.45, 7) is 0. The topological polar surface area (TPSA) is 50.2 Å². The first kappa shape index (κ1) is 40.0. The van der Waals surface area contributed by atoms with Crippen molar-refractivity contribution < 1.29 is 0 Å². The van der Waals surface area contributed by atoms with Gasteiger partial charge in [0.25, 0.3) is 0 Å². The number of hydrogen-bond acceptors (Lipinski definition) is 5. The van der Waals surface area contributed by atoms with Gasteiger partial charge < -0.3 is 5.32 Å². The molecule has 0 spiro atoms. The normalized spacial score (nSPS) is 13.5. The van der Waals surface area contributed by atoms with Gasteiger partial charge in [0.2, 0.25) is 0 Å². The molecule has 67 heavy (non-hydrogen) atoms. The van der Waals surface area contributed by atoms with Crippen LogP contribution in [0.3, 0.4) is 0 Å². The Morgan fingerprint density at radius 2 is 0.925 bits per heavy atom. The van der Waals surface area contributed by atoms with E-state index >= 15 is 0 Å². The number of nitrogens with one attached hydrogen (secondary N) is 1. The molecule has 0 fully saturated rings. The van der Waals surface area contributed by atoms with Crippen LogP contribution in [0.4, 0.5) is 0 Å². The van der Waals surface area contributed by atoms with Crippen molar-refractivity contribution in [2.45, 2.75) is 6.17 Å². The second kappa shape index (κ2) is 17.5. The zero-order chi connectivity index (χ0) is 44.5. The average Bonchev–Trinajstić information content (AvgIpc) is 3.81. The minimum atomic E-state index is -0.191. The maximum atomic E-state index is 5.16. The lowest BCUT2D eigenvalue weighted by molar-refractivity contribution is 0.664. The minimum Gasteiger partial charge on any atom is -0.360 e. The summed E-state index contributed by atoms with van der Waals surface area (Å²) in [5.74, 6) is 0.700. The molecule has 316 valence electrons. The molecule has 1 unspecified atom stereocenters. The molecular weight excluding hydrogens is 833 g/mol. The van der Waals surface area contributed by atoms with Gasteiger partial charge in [0, 0.05) is 42.6 Å². The van der Waals surface area contributed by atoms with Gasteiger partial charge >= 0.3 is 0 Å². The first-order valence-corrected chi connectivity index (χ1v) is 23.4. The molecule has 1 N–H and O–H groups in total. The molecule has 0 bridgehead atoms. The summed E-state index contributed by atoms with van der Waals surface area (Å²) in [5.41, 5.74) is 17.3. The van der Waals surface area contributed by atoms with E-state index in [1.165, 1.54) is 42.4 Å². The Morgan fingerprint density at radius 3 is 1.64 bits per heavy atom. The van der Waals surface area contributed by atoms with Crippen molar-refractivity contribution in [3.63, 3.8) is 0 Å². The van der Waals surface area contributed by atoms with Gasteiger partial charge in [-0.15, -0.1) is 11.3 Å². The SMILES string of the molecule is C1=C(c2ccc(-c3ccc(-c4ccc(-c5cc(-c6cccc(-c7ccccc7)c6)nc(-c6ccccc6)n5)cc4)c4c3sc3ccccc34)cc2)NC(c2ccccc2)N=C1c1ccccc1. The Bertz CT molecular complexity index is 3620. The Balaban J connectivity index is 0.897. The van der Waals surface area contributed by atoms with Gasteiger partial charge in [-0.25, -0.2) is 9.97 Å². The Labute approximate surface area is 394 Å². The van der Waals surface area contributed by atoms with Crippen molar-refractivity contribution in [2.24, 2.45) is 4.99 Å². The van der Waals surface area contributed by atoms with Crippen molar-refractivity contribution in [1.29, 1.82) is 0 Å². The summed E-state index contributed by atoms with van der Waals surface area (Å²) in [6, 6.07) is 83.6. The minimum absolute atomic E-state index is 0.191. The summed E-state index contributed by atoms with van der Waals surface area (Å²) in [5, 5.41) is 6.27. The Kier molecular flexibility index (Phi) is 10.4. The van der Waals surface area contributed by atoms with Crippen LogP contribution in [-0.4, -0.2) is 15.7 Å². The van der Waals surface area contributed by atoms with E-state index in [4.69, 9.17) is 15.0 Å². The number of thiophene rings is 1. The largest absolute Gasteiger partial charge is 0.360 e. The molecule has 0 radical (unpaired) electrons. The number of benzene rings is 9. The second-order valence-corrected chi connectivity index (χ2v) is 17.8. The van der Waals surface area contributed by atoms with Crippen LogP contribution in [0.15, 0.2) is 248 Å². The lowest BCUT2D eigenvalue weighted by Crippen LogP contribution is -2.24. The maximum Gasteiger partial charge on any atom is 0.160 e. The maximum absolute atomic E-state index is 5.16. The van der Waals surface area contributed by atoms with Crippen molar-refractivity contribution in [3.05, 3.63) is 259 Å². The van der Waals surface area contributed by atoms with Gasteiger partial charge in [0.05, 0.1) is 17.1 Å².